The van der Waals surface area contributed by atoms with E-state index in [0.29, 0.717) is 0 Å². The highest BCUT2D eigenvalue weighted by Crippen LogP contribution is 2.31. The number of aryl methyl sites for hydroxylation is 1. The second-order valence-electron chi connectivity index (χ2n) is 6.25. The summed E-state index contributed by atoms with van der Waals surface area (Å²) >= 11 is 0. The topological polar surface area (TPSA) is 15.8 Å². The van der Waals surface area contributed by atoms with E-state index >= 15 is 0 Å². The number of benzene rings is 2. The van der Waals surface area contributed by atoms with Crippen molar-refractivity contribution in [3.05, 3.63) is 59.3 Å². The third-order valence-electron chi connectivity index (χ3n) is 4.70. The summed E-state index contributed by atoms with van der Waals surface area (Å²) in [6, 6.07) is 15.4. The van der Waals surface area contributed by atoms with Gasteiger partial charge in [-0.05, 0) is 60.2 Å². The molecular formula is C21H25N. The lowest BCUT2D eigenvalue weighted by Crippen LogP contribution is -1.90. The molecule has 0 fully saturated rings. The summed E-state index contributed by atoms with van der Waals surface area (Å²) in [5.41, 5.74) is 6.86. The second-order valence-corrected chi connectivity index (χ2v) is 6.25. The fourth-order valence-electron chi connectivity index (χ4n) is 3.23. The van der Waals surface area contributed by atoms with Crippen molar-refractivity contribution >= 4 is 10.8 Å². The lowest BCUT2D eigenvalue weighted by molar-refractivity contribution is 0.717. The summed E-state index contributed by atoms with van der Waals surface area (Å²) < 4.78 is 0. The third-order valence-corrected chi connectivity index (χ3v) is 4.70. The molecule has 0 bridgehead atoms. The summed E-state index contributed by atoms with van der Waals surface area (Å²) in [6.07, 6.45) is 5.02. The van der Waals surface area contributed by atoms with Crippen LogP contribution in [-0.2, 0) is 6.42 Å². The maximum absolute atomic E-state index is 3.62. The first kappa shape index (κ1) is 14.9. The van der Waals surface area contributed by atoms with E-state index in [4.69, 9.17) is 0 Å². The molecule has 1 N–H and O–H groups in total. The maximum Gasteiger partial charge on any atom is 0.0491 e. The lowest BCUT2D eigenvalue weighted by Gasteiger charge is -2.07. The molecule has 0 atom stereocenters. The van der Waals surface area contributed by atoms with Gasteiger partial charge in [0.05, 0.1) is 0 Å². The molecule has 0 amide bonds. The third kappa shape index (κ3) is 2.81. The van der Waals surface area contributed by atoms with Crippen LogP contribution in [0.2, 0.25) is 0 Å². The van der Waals surface area contributed by atoms with Gasteiger partial charge in [0.25, 0.3) is 0 Å². The Balaban J connectivity index is 2.03. The predicted octanol–water partition coefficient (Wildman–Crippen LogP) is 6.18. The van der Waals surface area contributed by atoms with Crippen LogP contribution in [0, 0.1) is 13.8 Å². The Bertz CT molecular complexity index is 780. The molecule has 0 aliphatic heterocycles. The molecule has 3 rings (SSSR count). The van der Waals surface area contributed by atoms with Crippen molar-refractivity contribution in [3.8, 4) is 11.3 Å². The Hall–Kier alpha value is -2.02. The number of unbranched alkanes of at least 4 members (excludes halogenated alkanes) is 2. The molecule has 22 heavy (non-hydrogen) atoms. The van der Waals surface area contributed by atoms with E-state index in [-0.39, 0.29) is 0 Å². The van der Waals surface area contributed by atoms with Crippen molar-refractivity contribution in [2.24, 2.45) is 0 Å². The standard InChI is InChI=1S/C21H25N/c1-4-5-6-11-20-15(2)16(3)22-21(20)19-13-12-17-9-7-8-10-18(17)14-19/h7-10,12-14,22H,4-6,11H2,1-3H3. The van der Waals surface area contributed by atoms with E-state index in [1.165, 1.54) is 64.5 Å². The van der Waals surface area contributed by atoms with E-state index < -0.39 is 0 Å². The summed E-state index contributed by atoms with van der Waals surface area (Å²) in [7, 11) is 0. The molecule has 0 spiro atoms. The number of aromatic amines is 1. The van der Waals surface area contributed by atoms with Crippen LogP contribution in [0.4, 0.5) is 0 Å². The minimum Gasteiger partial charge on any atom is -0.358 e. The van der Waals surface area contributed by atoms with Crippen LogP contribution in [0.1, 0.15) is 43.0 Å². The minimum absolute atomic E-state index is 1.17. The average molecular weight is 291 g/mol. The Morgan fingerprint density at radius 2 is 1.68 bits per heavy atom. The number of hydrogen-bond donors (Lipinski definition) is 1. The number of fused-ring (bicyclic) bond motifs is 1. The molecule has 0 saturated carbocycles. The first-order chi connectivity index (χ1) is 10.7. The van der Waals surface area contributed by atoms with Crippen LogP contribution in [-0.4, -0.2) is 4.98 Å². The fraction of sp³-hybridized carbons (Fsp3) is 0.333. The Morgan fingerprint density at radius 3 is 2.45 bits per heavy atom. The van der Waals surface area contributed by atoms with Gasteiger partial charge in [-0.15, -0.1) is 0 Å². The van der Waals surface area contributed by atoms with Gasteiger partial charge in [0.15, 0.2) is 0 Å². The van der Waals surface area contributed by atoms with Gasteiger partial charge < -0.3 is 4.98 Å². The van der Waals surface area contributed by atoms with Gasteiger partial charge in [0.1, 0.15) is 0 Å². The molecule has 1 heterocycles. The van der Waals surface area contributed by atoms with Gasteiger partial charge in [-0.2, -0.15) is 0 Å². The monoisotopic (exact) mass is 291 g/mol. The van der Waals surface area contributed by atoms with Gasteiger partial charge in [-0.25, -0.2) is 0 Å². The molecular weight excluding hydrogens is 266 g/mol. The number of rotatable bonds is 5. The van der Waals surface area contributed by atoms with Crippen molar-refractivity contribution in [2.45, 2.75) is 46.5 Å². The number of hydrogen-bond acceptors (Lipinski definition) is 0. The van der Waals surface area contributed by atoms with Crippen LogP contribution in [0.15, 0.2) is 42.5 Å². The van der Waals surface area contributed by atoms with Crippen LogP contribution in [0.3, 0.4) is 0 Å². The highest BCUT2D eigenvalue weighted by atomic mass is 14.7. The predicted molar refractivity (Wildman–Crippen MR) is 96.4 cm³/mol. The van der Waals surface area contributed by atoms with Crippen molar-refractivity contribution in [1.29, 1.82) is 0 Å². The molecule has 1 aromatic heterocycles. The molecule has 1 heteroatoms. The van der Waals surface area contributed by atoms with Crippen LogP contribution in [0.5, 0.6) is 0 Å². The molecule has 3 aromatic rings. The number of aromatic nitrogens is 1. The molecule has 2 aromatic carbocycles. The van der Waals surface area contributed by atoms with E-state index in [1.807, 2.05) is 0 Å². The summed E-state index contributed by atoms with van der Waals surface area (Å²) in [4.78, 5) is 3.62. The maximum atomic E-state index is 3.62. The van der Waals surface area contributed by atoms with Crippen molar-refractivity contribution in [2.75, 3.05) is 0 Å². The van der Waals surface area contributed by atoms with Crippen LogP contribution < -0.4 is 0 Å². The largest absolute Gasteiger partial charge is 0.358 e. The van der Waals surface area contributed by atoms with Crippen LogP contribution >= 0.6 is 0 Å². The summed E-state index contributed by atoms with van der Waals surface area (Å²) in [5.74, 6) is 0. The Labute approximate surface area is 133 Å². The smallest absolute Gasteiger partial charge is 0.0491 e. The minimum atomic E-state index is 1.17. The van der Waals surface area contributed by atoms with E-state index in [0.717, 1.165) is 0 Å². The molecule has 1 nitrogen and oxygen atoms in total. The lowest BCUT2D eigenvalue weighted by atomic mass is 9.98. The second kappa shape index (κ2) is 6.39. The fourth-order valence-corrected chi connectivity index (χ4v) is 3.23. The molecule has 0 aliphatic rings. The zero-order valence-corrected chi connectivity index (χ0v) is 13.9. The summed E-state index contributed by atoms with van der Waals surface area (Å²) in [6.45, 7) is 6.69. The molecule has 0 radical (unpaired) electrons. The summed E-state index contributed by atoms with van der Waals surface area (Å²) in [5, 5.41) is 2.61. The van der Waals surface area contributed by atoms with Gasteiger partial charge in [0, 0.05) is 11.4 Å². The number of H-pyrrole nitrogens is 1. The van der Waals surface area contributed by atoms with Gasteiger partial charge in [0.2, 0.25) is 0 Å². The van der Waals surface area contributed by atoms with E-state index in [2.05, 4.69) is 68.2 Å². The first-order valence-electron chi connectivity index (χ1n) is 8.38. The van der Waals surface area contributed by atoms with Crippen molar-refractivity contribution in [1.82, 2.24) is 4.98 Å². The highest BCUT2D eigenvalue weighted by Gasteiger charge is 2.13. The van der Waals surface area contributed by atoms with Gasteiger partial charge in [-0.3, -0.25) is 0 Å². The molecule has 114 valence electrons. The quantitative estimate of drug-likeness (QED) is 0.540. The molecule has 0 saturated heterocycles. The average Bonchev–Trinajstić information content (AvgIpc) is 2.83. The Morgan fingerprint density at radius 1 is 0.909 bits per heavy atom. The number of nitrogens with one attached hydrogen (secondary N) is 1. The normalized spacial score (nSPS) is 11.2. The molecule has 0 unspecified atom stereocenters. The highest BCUT2D eigenvalue weighted by molar-refractivity contribution is 5.87. The molecule has 0 aliphatic carbocycles. The van der Waals surface area contributed by atoms with Gasteiger partial charge in [-0.1, -0.05) is 56.2 Å². The first-order valence-corrected chi connectivity index (χ1v) is 8.38. The van der Waals surface area contributed by atoms with Gasteiger partial charge >= 0.3 is 0 Å². The Kier molecular flexibility index (Phi) is 4.33. The zero-order valence-electron chi connectivity index (χ0n) is 13.9. The van der Waals surface area contributed by atoms with E-state index in [1.54, 1.807) is 0 Å². The van der Waals surface area contributed by atoms with Crippen LogP contribution in [0.25, 0.3) is 22.0 Å². The van der Waals surface area contributed by atoms with Crippen molar-refractivity contribution in [3.63, 3.8) is 0 Å². The van der Waals surface area contributed by atoms with Crippen molar-refractivity contribution < 1.29 is 0 Å². The zero-order chi connectivity index (χ0) is 15.5. The SMILES string of the molecule is CCCCCc1c(-c2ccc3ccccc3c2)[nH]c(C)c1C. The van der Waals surface area contributed by atoms with E-state index in [9.17, 15) is 0 Å².